The molecule has 0 aliphatic rings. The summed E-state index contributed by atoms with van der Waals surface area (Å²) in [5.74, 6) is -1.62. The van der Waals surface area contributed by atoms with Crippen molar-refractivity contribution in [2.24, 2.45) is 0 Å². The number of aliphatic hydroxyl groups excluding tert-OH is 1. The number of benzene rings is 1. The molecule has 1 N–H and O–H groups in total. The standard InChI is InChI=1S/C16H17ClO5/c1-3-21-16(20)15(22-11(2)18)6-4-5-14(19)12-7-9-13(17)10-8-12/h4-10,14,19H,3H2,1-2H3/b5-4+,15-6-. The van der Waals surface area contributed by atoms with Crippen LogP contribution in [-0.4, -0.2) is 23.7 Å². The highest BCUT2D eigenvalue weighted by Gasteiger charge is 2.13. The molecule has 1 aromatic carbocycles. The van der Waals surface area contributed by atoms with Gasteiger partial charge in [0, 0.05) is 11.9 Å². The van der Waals surface area contributed by atoms with E-state index in [-0.39, 0.29) is 12.4 Å². The third-order valence-electron chi connectivity index (χ3n) is 2.48. The third-order valence-corrected chi connectivity index (χ3v) is 2.73. The van der Waals surface area contributed by atoms with E-state index in [1.165, 1.54) is 25.2 Å². The Kier molecular flexibility index (Phi) is 7.36. The van der Waals surface area contributed by atoms with Crippen molar-refractivity contribution < 1.29 is 24.2 Å². The fourth-order valence-electron chi connectivity index (χ4n) is 1.52. The van der Waals surface area contributed by atoms with Crippen LogP contribution in [-0.2, 0) is 19.1 Å². The van der Waals surface area contributed by atoms with E-state index in [1.54, 1.807) is 31.2 Å². The number of rotatable bonds is 6. The van der Waals surface area contributed by atoms with E-state index < -0.39 is 18.0 Å². The molecule has 0 radical (unpaired) electrons. The second-order valence-electron chi connectivity index (χ2n) is 4.23. The highest BCUT2D eigenvalue weighted by Crippen LogP contribution is 2.17. The largest absolute Gasteiger partial charge is 0.460 e. The lowest BCUT2D eigenvalue weighted by atomic mass is 10.1. The van der Waals surface area contributed by atoms with E-state index in [4.69, 9.17) is 21.1 Å². The number of carbonyl (C=O) groups is 2. The molecule has 0 bridgehead atoms. The summed E-state index contributed by atoms with van der Waals surface area (Å²) in [5.41, 5.74) is 0.638. The molecule has 1 rings (SSSR count). The fourth-order valence-corrected chi connectivity index (χ4v) is 1.65. The van der Waals surface area contributed by atoms with Gasteiger partial charge in [0.25, 0.3) is 0 Å². The zero-order valence-electron chi connectivity index (χ0n) is 12.3. The van der Waals surface area contributed by atoms with Gasteiger partial charge < -0.3 is 14.6 Å². The molecule has 0 saturated heterocycles. The van der Waals surface area contributed by atoms with Crippen LogP contribution >= 0.6 is 11.6 Å². The van der Waals surface area contributed by atoms with Crippen LogP contribution in [0.1, 0.15) is 25.5 Å². The maximum absolute atomic E-state index is 11.6. The Hall–Kier alpha value is -2.11. The van der Waals surface area contributed by atoms with Gasteiger partial charge in [-0.15, -0.1) is 0 Å². The van der Waals surface area contributed by atoms with Crippen LogP contribution in [0, 0.1) is 0 Å². The van der Waals surface area contributed by atoms with E-state index in [2.05, 4.69) is 0 Å². The van der Waals surface area contributed by atoms with Crippen molar-refractivity contribution in [2.75, 3.05) is 6.61 Å². The molecule has 0 spiro atoms. The molecule has 5 nitrogen and oxygen atoms in total. The summed E-state index contributed by atoms with van der Waals surface area (Å²) in [7, 11) is 0. The maximum atomic E-state index is 11.6. The first-order valence-corrected chi connectivity index (χ1v) is 6.99. The van der Waals surface area contributed by atoms with Crippen LogP contribution in [0.5, 0.6) is 0 Å². The summed E-state index contributed by atoms with van der Waals surface area (Å²) in [6, 6.07) is 6.68. The maximum Gasteiger partial charge on any atom is 0.374 e. The number of halogens is 1. The lowest BCUT2D eigenvalue weighted by molar-refractivity contribution is -0.150. The quantitative estimate of drug-likeness (QED) is 0.377. The molecule has 0 amide bonds. The minimum atomic E-state index is -0.880. The minimum Gasteiger partial charge on any atom is -0.460 e. The van der Waals surface area contributed by atoms with Crippen molar-refractivity contribution in [2.45, 2.75) is 20.0 Å². The van der Waals surface area contributed by atoms with Gasteiger partial charge in [0.1, 0.15) is 0 Å². The van der Waals surface area contributed by atoms with Crippen LogP contribution in [0.25, 0.3) is 0 Å². The van der Waals surface area contributed by atoms with Gasteiger partial charge in [-0.3, -0.25) is 4.79 Å². The first-order valence-electron chi connectivity index (χ1n) is 6.61. The lowest BCUT2D eigenvalue weighted by Crippen LogP contribution is -2.12. The van der Waals surface area contributed by atoms with Crippen molar-refractivity contribution >= 4 is 23.5 Å². The molecule has 118 valence electrons. The fraction of sp³-hybridized carbons (Fsp3) is 0.250. The predicted molar refractivity (Wildman–Crippen MR) is 82.0 cm³/mol. The smallest absolute Gasteiger partial charge is 0.374 e. The highest BCUT2D eigenvalue weighted by molar-refractivity contribution is 6.30. The van der Waals surface area contributed by atoms with Gasteiger partial charge in [-0.05, 0) is 30.7 Å². The highest BCUT2D eigenvalue weighted by atomic mass is 35.5. The molecule has 0 heterocycles. The van der Waals surface area contributed by atoms with Crippen LogP contribution < -0.4 is 0 Å². The van der Waals surface area contributed by atoms with Crippen molar-refractivity contribution in [1.29, 1.82) is 0 Å². The summed E-state index contributed by atoms with van der Waals surface area (Å²) < 4.78 is 9.53. The number of allylic oxidation sites excluding steroid dienone is 2. The Balaban J connectivity index is 2.81. The second kappa shape index (κ2) is 9.02. The van der Waals surface area contributed by atoms with Gasteiger partial charge in [-0.25, -0.2) is 4.79 Å². The molecule has 22 heavy (non-hydrogen) atoms. The van der Waals surface area contributed by atoms with Crippen molar-refractivity contribution in [3.05, 3.63) is 58.8 Å². The average Bonchev–Trinajstić information content (AvgIpc) is 2.46. The molecule has 0 aromatic heterocycles. The first kappa shape index (κ1) is 17.9. The van der Waals surface area contributed by atoms with Crippen LogP contribution in [0.3, 0.4) is 0 Å². The molecule has 1 aromatic rings. The zero-order valence-corrected chi connectivity index (χ0v) is 13.0. The average molecular weight is 325 g/mol. The molecule has 0 saturated carbocycles. The van der Waals surface area contributed by atoms with Gasteiger partial charge in [0.15, 0.2) is 0 Å². The normalized spacial score (nSPS) is 13.0. The molecule has 6 heteroatoms. The lowest BCUT2D eigenvalue weighted by Gasteiger charge is -2.06. The summed E-state index contributed by atoms with van der Waals surface area (Å²) >= 11 is 5.77. The van der Waals surface area contributed by atoms with Gasteiger partial charge in [-0.1, -0.05) is 35.9 Å². The Labute approximate surface area is 133 Å². The topological polar surface area (TPSA) is 72.8 Å². The number of aliphatic hydroxyl groups is 1. The molecule has 1 unspecified atom stereocenters. The predicted octanol–water partition coefficient (Wildman–Crippen LogP) is 2.94. The third kappa shape index (κ3) is 6.11. The van der Waals surface area contributed by atoms with E-state index in [0.717, 1.165) is 0 Å². The number of ether oxygens (including phenoxy) is 2. The number of esters is 2. The minimum absolute atomic E-state index is 0.161. The Bertz CT molecular complexity index is 575. The van der Waals surface area contributed by atoms with Crippen molar-refractivity contribution in [3.8, 4) is 0 Å². The number of carbonyl (C=O) groups excluding carboxylic acids is 2. The van der Waals surface area contributed by atoms with Gasteiger partial charge in [0.05, 0.1) is 12.7 Å². The van der Waals surface area contributed by atoms with Gasteiger partial charge in [0.2, 0.25) is 5.76 Å². The van der Waals surface area contributed by atoms with Crippen LogP contribution in [0.4, 0.5) is 0 Å². The van der Waals surface area contributed by atoms with Crippen LogP contribution in [0.2, 0.25) is 5.02 Å². The Morgan fingerprint density at radius 1 is 1.32 bits per heavy atom. The van der Waals surface area contributed by atoms with E-state index in [1.807, 2.05) is 0 Å². The SMILES string of the molecule is CCOC(=O)/C(=C/C=C/C(O)c1ccc(Cl)cc1)OC(C)=O. The van der Waals surface area contributed by atoms with E-state index >= 15 is 0 Å². The van der Waals surface area contributed by atoms with Gasteiger partial charge in [-0.2, -0.15) is 0 Å². The molecule has 1 atom stereocenters. The monoisotopic (exact) mass is 324 g/mol. The second-order valence-corrected chi connectivity index (χ2v) is 4.66. The van der Waals surface area contributed by atoms with Crippen LogP contribution in [0.15, 0.2) is 48.3 Å². The van der Waals surface area contributed by atoms with E-state index in [9.17, 15) is 14.7 Å². The van der Waals surface area contributed by atoms with Crippen molar-refractivity contribution in [1.82, 2.24) is 0 Å². The molecular formula is C16H17ClO5. The summed E-state index contributed by atoms with van der Waals surface area (Å²) in [6.45, 7) is 2.98. The number of hydrogen-bond donors (Lipinski definition) is 1. The Morgan fingerprint density at radius 2 is 1.95 bits per heavy atom. The van der Waals surface area contributed by atoms with Crippen molar-refractivity contribution in [3.63, 3.8) is 0 Å². The molecule has 0 aliphatic carbocycles. The van der Waals surface area contributed by atoms with E-state index in [0.29, 0.717) is 10.6 Å². The molecule has 0 fully saturated rings. The zero-order chi connectivity index (χ0) is 16.5. The molecule has 0 aliphatic heterocycles. The number of hydrogen-bond acceptors (Lipinski definition) is 5. The Morgan fingerprint density at radius 3 is 2.50 bits per heavy atom. The summed E-state index contributed by atoms with van der Waals surface area (Å²) in [4.78, 5) is 22.5. The summed E-state index contributed by atoms with van der Waals surface area (Å²) in [5, 5.41) is 10.5. The first-order chi connectivity index (χ1) is 10.4. The summed E-state index contributed by atoms with van der Waals surface area (Å²) in [6.07, 6.45) is 3.23. The molecular weight excluding hydrogens is 308 g/mol. The van der Waals surface area contributed by atoms with Gasteiger partial charge >= 0.3 is 11.9 Å².